The molecule has 2 aliphatic heterocycles. The second-order valence-corrected chi connectivity index (χ2v) is 10.5. The van der Waals surface area contributed by atoms with Crippen LogP contribution in [0.4, 0.5) is 0 Å². The van der Waals surface area contributed by atoms with Gasteiger partial charge in [-0.05, 0) is 52.0 Å². The van der Waals surface area contributed by atoms with Crippen LogP contribution >= 0.6 is 0 Å². The Bertz CT molecular complexity index is 688. The van der Waals surface area contributed by atoms with Gasteiger partial charge in [-0.1, -0.05) is 36.4 Å². The summed E-state index contributed by atoms with van der Waals surface area (Å²) in [7, 11) is -1.22. The molecular formula is C21H30N2O2S. The molecule has 1 N–H and O–H groups in total. The number of carbonyl (C=O) groups is 1. The molecule has 3 aliphatic rings. The van der Waals surface area contributed by atoms with Crippen molar-refractivity contribution in [2.24, 2.45) is 5.92 Å². The maximum absolute atomic E-state index is 13.0. The summed E-state index contributed by atoms with van der Waals surface area (Å²) < 4.78 is 16.0. The lowest BCUT2D eigenvalue weighted by Crippen LogP contribution is -2.66. The first kappa shape index (κ1) is 19.3. The largest absolute Gasteiger partial charge is 0.331 e. The number of piperidine rings is 2. The van der Waals surface area contributed by atoms with Gasteiger partial charge in [0.1, 0.15) is 0 Å². The molecule has 4 rings (SSSR count). The van der Waals surface area contributed by atoms with Gasteiger partial charge in [0.05, 0.1) is 27.3 Å². The van der Waals surface area contributed by atoms with Gasteiger partial charge in [-0.15, -0.1) is 6.58 Å². The lowest BCUT2D eigenvalue weighted by atomic mass is 9.65. The smallest absolute Gasteiger partial charge is 0.226 e. The van der Waals surface area contributed by atoms with E-state index < -0.39 is 11.0 Å². The maximum atomic E-state index is 13.0. The highest BCUT2D eigenvalue weighted by Gasteiger charge is 2.55. The van der Waals surface area contributed by atoms with Crippen LogP contribution in [0.5, 0.6) is 0 Å². The van der Waals surface area contributed by atoms with Crippen molar-refractivity contribution in [3.63, 3.8) is 0 Å². The molecule has 2 bridgehead atoms. The van der Waals surface area contributed by atoms with Crippen LogP contribution in [0.1, 0.15) is 58.1 Å². The van der Waals surface area contributed by atoms with Gasteiger partial charge in [0.15, 0.2) is 0 Å². The molecule has 142 valence electrons. The minimum absolute atomic E-state index is 0.140. The van der Waals surface area contributed by atoms with Gasteiger partial charge in [-0.2, -0.15) is 0 Å². The lowest BCUT2D eigenvalue weighted by Gasteiger charge is -2.57. The number of amides is 1. The third-order valence-electron chi connectivity index (χ3n) is 5.77. The zero-order valence-electron chi connectivity index (χ0n) is 16.0. The number of hydrogen-bond donors (Lipinski definition) is 1. The van der Waals surface area contributed by atoms with E-state index in [9.17, 15) is 9.00 Å². The summed E-state index contributed by atoms with van der Waals surface area (Å²) >= 11 is 0. The Kier molecular flexibility index (Phi) is 5.40. The third-order valence-corrected chi connectivity index (χ3v) is 7.33. The maximum Gasteiger partial charge on any atom is 0.226 e. The fourth-order valence-electron chi connectivity index (χ4n) is 4.34. The normalized spacial score (nSPS) is 28.0. The van der Waals surface area contributed by atoms with Crippen molar-refractivity contribution < 1.29 is 9.00 Å². The van der Waals surface area contributed by atoms with E-state index in [1.165, 1.54) is 0 Å². The molecule has 2 saturated heterocycles. The molecule has 1 unspecified atom stereocenters. The fourth-order valence-corrected chi connectivity index (χ4v) is 5.26. The first-order valence-electron chi connectivity index (χ1n) is 9.45. The van der Waals surface area contributed by atoms with Gasteiger partial charge in [0.25, 0.3) is 0 Å². The number of carbonyl (C=O) groups excluding carboxylic acids is 1. The van der Waals surface area contributed by atoms with E-state index in [0.717, 1.165) is 31.2 Å². The van der Waals surface area contributed by atoms with Crippen molar-refractivity contribution in [1.29, 1.82) is 0 Å². The van der Waals surface area contributed by atoms with Crippen LogP contribution in [0, 0.1) is 5.92 Å². The molecule has 1 aromatic rings. The number of fused-ring (bicyclic) bond motifs is 3. The summed E-state index contributed by atoms with van der Waals surface area (Å²) in [5.74, 6) is 0.369. The fraction of sp³-hybridized carbons (Fsp3) is 0.571. The number of rotatable bonds is 6. The second-order valence-electron chi connectivity index (χ2n) is 8.46. The SMILES string of the molecule is C=CCN1C(=O)C2CCC1([C@H](NS(=O)C(C)(C)C)c1ccccc1)CC2. The molecule has 1 saturated carbocycles. The first-order valence-corrected chi connectivity index (χ1v) is 10.6. The summed E-state index contributed by atoms with van der Waals surface area (Å²) in [4.78, 5) is 15.0. The van der Waals surface area contributed by atoms with Gasteiger partial charge in [-0.3, -0.25) is 4.79 Å². The molecule has 4 nitrogen and oxygen atoms in total. The Hall–Kier alpha value is -1.46. The Balaban J connectivity index is 2.05. The summed E-state index contributed by atoms with van der Waals surface area (Å²) in [5, 5.41) is 0. The quantitative estimate of drug-likeness (QED) is 0.771. The average Bonchev–Trinajstić information content (AvgIpc) is 2.63. The minimum Gasteiger partial charge on any atom is -0.331 e. The highest BCUT2D eigenvalue weighted by molar-refractivity contribution is 7.84. The monoisotopic (exact) mass is 374 g/mol. The van der Waals surface area contributed by atoms with Crippen LogP contribution in [0.2, 0.25) is 0 Å². The van der Waals surface area contributed by atoms with Gasteiger partial charge in [-0.25, -0.2) is 8.93 Å². The molecule has 2 atom stereocenters. The zero-order chi connectivity index (χ0) is 18.9. The summed E-state index contributed by atoms with van der Waals surface area (Å²) in [6, 6.07) is 9.99. The number of nitrogens with one attached hydrogen (secondary N) is 1. The summed E-state index contributed by atoms with van der Waals surface area (Å²) in [5.41, 5.74) is 0.745. The van der Waals surface area contributed by atoms with Crippen molar-refractivity contribution in [2.45, 2.75) is 62.8 Å². The molecule has 1 amide bonds. The van der Waals surface area contributed by atoms with E-state index in [0.29, 0.717) is 6.54 Å². The Morgan fingerprint density at radius 2 is 1.92 bits per heavy atom. The van der Waals surface area contributed by atoms with E-state index >= 15 is 0 Å². The molecule has 0 radical (unpaired) electrons. The number of benzene rings is 1. The van der Waals surface area contributed by atoms with Crippen molar-refractivity contribution in [1.82, 2.24) is 9.62 Å². The van der Waals surface area contributed by atoms with Crippen LogP contribution in [-0.2, 0) is 15.8 Å². The van der Waals surface area contributed by atoms with Crippen LogP contribution in [0.15, 0.2) is 43.0 Å². The summed E-state index contributed by atoms with van der Waals surface area (Å²) in [6.45, 7) is 10.3. The molecular weight excluding hydrogens is 344 g/mol. The van der Waals surface area contributed by atoms with Gasteiger partial charge < -0.3 is 4.90 Å². The first-order chi connectivity index (χ1) is 12.3. The lowest BCUT2D eigenvalue weighted by molar-refractivity contribution is -0.157. The predicted octanol–water partition coefficient (Wildman–Crippen LogP) is 3.74. The van der Waals surface area contributed by atoms with Crippen molar-refractivity contribution in [2.75, 3.05) is 6.54 Å². The average molecular weight is 375 g/mol. The Labute approximate surface area is 159 Å². The molecule has 0 aromatic heterocycles. The molecule has 2 heterocycles. The summed E-state index contributed by atoms with van der Waals surface area (Å²) in [6.07, 6.45) is 5.51. The van der Waals surface area contributed by atoms with E-state index in [4.69, 9.17) is 0 Å². The molecule has 5 heteroatoms. The molecule has 1 aromatic carbocycles. The second kappa shape index (κ2) is 7.28. The molecule has 3 fully saturated rings. The number of nitrogens with zero attached hydrogens (tertiary/aromatic N) is 1. The van der Waals surface area contributed by atoms with Crippen molar-refractivity contribution in [3.05, 3.63) is 48.6 Å². The van der Waals surface area contributed by atoms with Crippen LogP contribution in [0.3, 0.4) is 0 Å². The number of hydrogen-bond acceptors (Lipinski definition) is 2. The Morgan fingerprint density at radius 1 is 1.31 bits per heavy atom. The van der Waals surface area contributed by atoms with Crippen LogP contribution in [-0.4, -0.2) is 31.8 Å². The van der Waals surface area contributed by atoms with E-state index in [1.54, 1.807) is 0 Å². The van der Waals surface area contributed by atoms with Gasteiger partial charge in [0.2, 0.25) is 5.91 Å². The minimum atomic E-state index is -1.22. The van der Waals surface area contributed by atoms with Crippen LogP contribution in [0.25, 0.3) is 0 Å². The van der Waals surface area contributed by atoms with E-state index in [-0.39, 0.29) is 28.2 Å². The van der Waals surface area contributed by atoms with E-state index in [1.807, 2.05) is 49.9 Å². The highest BCUT2D eigenvalue weighted by atomic mass is 32.2. The van der Waals surface area contributed by atoms with Gasteiger partial charge >= 0.3 is 0 Å². The van der Waals surface area contributed by atoms with Crippen molar-refractivity contribution in [3.8, 4) is 0 Å². The molecule has 1 aliphatic carbocycles. The standard InChI is InChI=1S/C21H30N2O2S/c1-5-15-23-19(24)17-11-13-21(23,14-12-17)18(16-9-7-6-8-10-16)22-26(25)20(2,3)4/h5-10,17-18,22H,1,11-15H2,2-4H3/t17?,18-,21?,26?/m1/s1. The third kappa shape index (κ3) is 3.39. The highest BCUT2D eigenvalue weighted by Crippen LogP contribution is 2.50. The molecule has 0 spiro atoms. The Morgan fingerprint density at radius 3 is 2.46 bits per heavy atom. The van der Waals surface area contributed by atoms with Crippen molar-refractivity contribution >= 4 is 16.9 Å². The topological polar surface area (TPSA) is 49.4 Å². The van der Waals surface area contributed by atoms with Gasteiger partial charge in [0, 0.05) is 12.5 Å². The zero-order valence-corrected chi connectivity index (χ0v) is 16.8. The van der Waals surface area contributed by atoms with Crippen LogP contribution < -0.4 is 4.72 Å². The molecule has 26 heavy (non-hydrogen) atoms. The predicted molar refractivity (Wildman–Crippen MR) is 107 cm³/mol. The van der Waals surface area contributed by atoms with E-state index in [2.05, 4.69) is 23.4 Å².